The second kappa shape index (κ2) is 12.5. The molecule has 1 saturated heterocycles. The number of rotatable bonds is 11. The van der Waals surface area contributed by atoms with Gasteiger partial charge in [-0.15, -0.1) is 0 Å². The third-order valence-electron chi connectivity index (χ3n) is 6.53. The Bertz CT molecular complexity index is 1080. The quantitative estimate of drug-likeness (QED) is 0.469. The molecule has 1 atom stereocenters. The lowest BCUT2D eigenvalue weighted by atomic mass is 10.00. The van der Waals surface area contributed by atoms with Crippen LogP contribution in [0.2, 0.25) is 0 Å². The number of carbonyl (C=O) groups excluding carboxylic acids is 1. The number of hydrogen-bond acceptors (Lipinski definition) is 4. The van der Waals surface area contributed by atoms with E-state index in [-0.39, 0.29) is 18.1 Å². The summed E-state index contributed by atoms with van der Waals surface area (Å²) in [6, 6.07) is 13.2. The smallest absolute Gasteiger partial charge is 0.303 e. The van der Waals surface area contributed by atoms with Crippen LogP contribution >= 0.6 is 0 Å². The normalized spacial score (nSPS) is 16.9. The number of para-hydroxylation sites is 1. The van der Waals surface area contributed by atoms with Crippen LogP contribution in [0.4, 0.5) is 10.1 Å². The highest BCUT2D eigenvalue weighted by atomic mass is 32.2. The predicted molar refractivity (Wildman–Crippen MR) is 138 cm³/mol. The Labute approximate surface area is 209 Å². The van der Waals surface area contributed by atoms with E-state index in [1.807, 2.05) is 0 Å². The molecule has 0 bridgehead atoms. The topological polar surface area (TPSA) is 73.0 Å². The largest absolute Gasteiger partial charge is 0.352 e. The minimum absolute atomic E-state index is 0.0259. The average molecular weight is 505 g/mol. The Morgan fingerprint density at radius 1 is 1.11 bits per heavy atom. The van der Waals surface area contributed by atoms with Gasteiger partial charge in [0.2, 0.25) is 0 Å². The second-order valence-electron chi connectivity index (χ2n) is 9.15. The molecule has 9 heteroatoms. The maximum Gasteiger partial charge on any atom is 0.303 e. The molecule has 1 N–H and O–H groups in total. The van der Waals surface area contributed by atoms with Crippen LogP contribution in [0, 0.1) is 5.82 Å². The third kappa shape index (κ3) is 7.02. The molecular formula is C26H37FN4O3S. The first-order chi connectivity index (χ1) is 16.7. The van der Waals surface area contributed by atoms with Crippen LogP contribution in [0.5, 0.6) is 0 Å². The lowest BCUT2D eigenvalue weighted by molar-refractivity contribution is 0.0947. The van der Waals surface area contributed by atoms with Crippen molar-refractivity contribution in [3.05, 3.63) is 65.5 Å². The van der Waals surface area contributed by atoms with Crippen LogP contribution < -0.4 is 9.62 Å². The lowest BCUT2D eigenvalue weighted by Gasteiger charge is -2.35. The molecule has 1 aliphatic heterocycles. The Morgan fingerprint density at radius 2 is 1.83 bits per heavy atom. The van der Waals surface area contributed by atoms with Crippen LogP contribution in [0.3, 0.4) is 0 Å². The molecule has 0 radical (unpaired) electrons. The van der Waals surface area contributed by atoms with Gasteiger partial charge in [0.1, 0.15) is 5.82 Å². The Morgan fingerprint density at radius 3 is 2.49 bits per heavy atom. The van der Waals surface area contributed by atoms with Crippen molar-refractivity contribution >= 4 is 21.8 Å². The zero-order valence-electron chi connectivity index (χ0n) is 20.9. The highest BCUT2D eigenvalue weighted by molar-refractivity contribution is 7.90. The molecule has 0 spiro atoms. The molecule has 192 valence electrons. The summed E-state index contributed by atoms with van der Waals surface area (Å²) in [6.45, 7) is 4.92. The van der Waals surface area contributed by atoms with Gasteiger partial charge in [-0.3, -0.25) is 9.10 Å². The van der Waals surface area contributed by atoms with Crippen LogP contribution in [0.25, 0.3) is 0 Å². The molecule has 0 saturated carbocycles. The van der Waals surface area contributed by atoms with E-state index in [2.05, 4.69) is 17.1 Å². The maximum absolute atomic E-state index is 14.4. The van der Waals surface area contributed by atoms with Crippen molar-refractivity contribution < 1.29 is 17.6 Å². The fraction of sp³-hybridized carbons (Fsp3) is 0.500. The maximum atomic E-state index is 14.4. The monoisotopic (exact) mass is 504 g/mol. The van der Waals surface area contributed by atoms with Crippen molar-refractivity contribution in [2.24, 2.45) is 0 Å². The molecule has 0 unspecified atom stereocenters. The summed E-state index contributed by atoms with van der Waals surface area (Å²) < 4.78 is 42.3. The van der Waals surface area contributed by atoms with E-state index in [4.69, 9.17) is 0 Å². The van der Waals surface area contributed by atoms with Gasteiger partial charge in [0.15, 0.2) is 0 Å². The number of anilines is 1. The van der Waals surface area contributed by atoms with E-state index in [0.29, 0.717) is 23.7 Å². The molecule has 7 nitrogen and oxygen atoms in total. The number of hydrogen-bond donors (Lipinski definition) is 1. The minimum Gasteiger partial charge on any atom is -0.352 e. The Hall–Kier alpha value is -2.49. The van der Waals surface area contributed by atoms with E-state index < -0.39 is 16.0 Å². The second-order valence-corrected chi connectivity index (χ2v) is 11.2. The molecule has 0 aromatic heterocycles. The number of amides is 1. The molecule has 35 heavy (non-hydrogen) atoms. The van der Waals surface area contributed by atoms with Gasteiger partial charge < -0.3 is 10.2 Å². The van der Waals surface area contributed by atoms with E-state index in [0.717, 1.165) is 28.1 Å². The fourth-order valence-electron chi connectivity index (χ4n) is 4.47. The zero-order chi connectivity index (χ0) is 25.4. The standard InChI is InChI=1S/C26H37FN4O3S/c1-4-23-10-7-8-18-30(23)19-9-17-28-26(32)22-15-13-21(14-16-22)20-31(35(33,34)29(2)3)25-12-6-5-11-24(25)27/h5-6,11-16,23H,4,7-10,17-20H2,1-3H3,(H,28,32)/t23-/m0/s1. The SMILES string of the molecule is CC[C@H]1CCCCN1CCCNC(=O)c1ccc(CN(c2ccccc2F)S(=O)(=O)N(C)C)cc1. The number of benzene rings is 2. The molecule has 2 aromatic rings. The van der Waals surface area contributed by atoms with Gasteiger partial charge in [-0.2, -0.15) is 12.7 Å². The molecule has 1 amide bonds. The summed E-state index contributed by atoms with van der Waals surface area (Å²) in [6.07, 6.45) is 5.89. The van der Waals surface area contributed by atoms with Gasteiger partial charge in [-0.1, -0.05) is 37.6 Å². The van der Waals surface area contributed by atoms with Gasteiger partial charge in [-0.25, -0.2) is 4.39 Å². The predicted octanol–water partition coefficient (Wildman–Crippen LogP) is 4.02. The lowest BCUT2D eigenvalue weighted by Crippen LogP contribution is -2.40. The molecule has 2 aromatic carbocycles. The summed E-state index contributed by atoms with van der Waals surface area (Å²) in [5.74, 6) is -0.780. The number of nitrogens with zero attached hydrogens (tertiary/aromatic N) is 3. The van der Waals surface area contributed by atoms with Crippen LogP contribution in [0.15, 0.2) is 48.5 Å². The van der Waals surface area contributed by atoms with Crippen LogP contribution in [-0.2, 0) is 16.8 Å². The van der Waals surface area contributed by atoms with Gasteiger partial charge in [0.25, 0.3) is 5.91 Å². The number of halogens is 1. The fourth-order valence-corrected chi connectivity index (χ4v) is 5.58. The first-order valence-corrected chi connectivity index (χ1v) is 13.7. The summed E-state index contributed by atoms with van der Waals surface area (Å²) in [7, 11) is -1.11. The van der Waals surface area contributed by atoms with E-state index in [1.165, 1.54) is 58.0 Å². The number of piperidine rings is 1. The molecule has 0 aliphatic carbocycles. The zero-order valence-corrected chi connectivity index (χ0v) is 21.7. The van der Waals surface area contributed by atoms with Crippen molar-refractivity contribution in [1.29, 1.82) is 0 Å². The molecular weight excluding hydrogens is 467 g/mol. The van der Waals surface area contributed by atoms with Crippen molar-refractivity contribution in [2.45, 2.75) is 51.6 Å². The Kier molecular flexibility index (Phi) is 9.65. The number of likely N-dealkylation sites (tertiary alicyclic amines) is 1. The van der Waals surface area contributed by atoms with Crippen molar-refractivity contribution in [1.82, 2.24) is 14.5 Å². The van der Waals surface area contributed by atoms with E-state index in [1.54, 1.807) is 30.3 Å². The Balaban J connectivity index is 1.59. The van der Waals surface area contributed by atoms with Gasteiger partial charge in [0, 0.05) is 38.8 Å². The molecule has 1 fully saturated rings. The van der Waals surface area contributed by atoms with Crippen LogP contribution in [-0.4, -0.2) is 63.3 Å². The number of nitrogens with one attached hydrogen (secondary N) is 1. The van der Waals surface area contributed by atoms with Crippen LogP contribution in [0.1, 0.15) is 54.9 Å². The van der Waals surface area contributed by atoms with Gasteiger partial charge >= 0.3 is 10.2 Å². The first-order valence-electron chi connectivity index (χ1n) is 12.3. The van der Waals surface area contributed by atoms with Gasteiger partial charge in [-0.05, 0) is 62.1 Å². The summed E-state index contributed by atoms with van der Waals surface area (Å²) in [5, 5.41) is 2.98. The van der Waals surface area contributed by atoms with Crippen molar-refractivity contribution in [3.63, 3.8) is 0 Å². The number of carbonyl (C=O) groups is 1. The summed E-state index contributed by atoms with van der Waals surface area (Å²) in [4.78, 5) is 15.1. The highest BCUT2D eigenvalue weighted by Crippen LogP contribution is 2.25. The molecule has 1 heterocycles. The average Bonchev–Trinajstić information content (AvgIpc) is 2.86. The van der Waals surface area contributed by atoms with Gasteiger partial charge in [0.05, 0.1) is 12.2 Å². The summed E-state index contributed by atoms with van der Waals surface area (Å²) >= 11 is 0. The highest BCUT2D eigenvalue weighted by Gasteiger charge is 2.27. The van der Waals surface area contributed by atoms with E-state index in [9.17, 15) is 17.6 Å². The van der Waals surface area contributed by atoms with E-state index >= 15 is 0 Å². The minimum atomic E-state index is -3.93. The van der Waals surface area contributed by atoms with Crippen molar-refractivity contribution in [3.8, 4) is 0 Å². The van der Waals surface area contributed by atoms with Crippen molar-refractivity contribution in [2.75, 3.05) is 38.0 Å². The third-order valence-corrected chi connectivity index (χ3v) is 8.34. The summed E-state index contributed by atoms with van der Waals surface area (Å²) in [5.41, 5.74) is 1.12. The molecule has 3 rings (SSSR count). The molecule has 1 aliphatic rings. The first kappa shape index (κ1) is 27.1.